The van der Waals surface area contributed by atoms with Crippen molar-refractivity contribution in [1.82, 2.24) is 5.32 Å². The summed E-state index contributed by atoms with van der Waals surface area (Å²) < 4.78 is 4.48. The van der Waals surface area contributed by atoms with Crippen molar-refractivity contribution in [3.8, 4) is 0 Å². The van der Waals surface area contributed by atoms with Crippen LogP contribution < -0.4 is 11.1 Å². The Labute approximate surface area is 78.3 Å². The molecular weight excluding hydrogens is 172 g/mol. The van der Waals surface area contributed by atoms with Gasteiger partial charge in [0.25, 0.3) is 0 Å². The molecule has 0 aliphatic rings. The van der Waals surface area contributed by atoms with Gasteiger partial charge in [0.1, 0.15) is 6.61 Å². The Morgan fingerprint density at radius 3 is 2.77 bits per heavy atom. The number of rotatable bonds is 6. The molecule has 0 aromatic carbocycles. The lowest BCUT2D eigenvalue weighted by atomic mass is 10.0. The highest BCUT2D eigenvalue weighted by Gasteiger charge is 2.15. The van der Waals surface area contributed by atoms with Crippen LogP contribution in [0.3, 0.4) is 0 Å². The quantitative estimate of drug-likeness (QED) is 0.508. The van der Waals surface area contributed by atoms with Gasteiger partial charge in [-0.3, -0.25) is 0 Å². The first kappa shape index (κ1) is 12.2. The number of nitrogens with one attached hydrogen (secondary N) is 1. The summed E-state index contributed by atoms with van der Waals surface area (Å²) >= 11 is 0. The van der Waals surface area contributed by atoms with Gasteiger partial charge in [-0.1, -0.05) is 6.92 Å². The Morgan fingerprint density at radius 1 is 1.69 bits per heavy atom. The molecule has 0 radical (unpaired) electrons. The van der Waals surface area contributed by atoms with Crippen LogP contribution in [0.2, 0.25) is 0 Å². The van der Waals surface area contributed by atoms with Crippen LogP contribution in [-0.4, -0.2) is 36.5 Å². The third-order valence-corrected chi connectivity index (χ3v) is 1.79. The van der Waals surface area contributed by atoms with Crippen molar-refractivity contribution in [3.63, 3.8) is 0 Å². The van der Waals surface area contributed by atoms with E-state index in [9.17, 15) is 9.90 Å². The number of primary amides is 1. The monoisotopic (exact) mass is 190 g/mol. The fourth-order valence-electron chi connectivity index (χ4n) is 0.706. The Balaban J connectivity index is 3.30. The molecule has 0 bridgehead atoms. The molecule has 1 atom stereocenters. The van der Waals surface area contributed by atoms with Gasteiger partial charge in [0, 0.05) is 13.1 Å². The van der Waals surface area contributed by atoms with E-state index in [1.165, 1.54) is 0 Å². The summed E-state index contributed by atoms with van der Waals surface area (Å²) in [7, 11) is 0. The van der Waals surface area contributed by atoms with E-state index in [-0.39, 0.29) is 6.61 Å². The Hall–Kier alpha value is -0.810. The first-order valence-corrected chi connectivity index (χ1v) is 4.33. The summed E-state index contributed by atoms with van der Waals surface area (Å²) in [6.07, 6.45) is -0.0968. The molecule has 13 heavy (non-hydrogen) atoms. The van der Waals surface area contributed by atoms with Gasteiger partial charge in [-0.2, -0.15) is 0 Å². The normalized spacial score (nSPS) is 15.0. The molecule has 0 fully saturated rings. The summed E-state index contributed by atoms with van der Waals surface area (Å²) in [5, 5.41) is 12.5. The van der Waals surface area contributed by atoms with Crippen LogP contribution >= 0.6 is 0 Å². The fraction of sp³-hybridized carbons (Fsp3) is 0.875. The van der Waals surface area contributed by atoms with Gasteiger partial charge in [-0.05, 0) is 13.3 Å². The number of nitrogens with two attached hydrogens (primary N) is 1. The molecule has 1 amide bonds. The van der Waals surface area contributed by atoms with Crippen molar-refractivity contribution in [1.29, 1.82) is 0 Å². The van der Waals surface area contributed by atoms with E-state index in [1.807, 2.05) is 6.92 Å². The van der Waals surface area contributed by atoms with E-state index >= 15 is 0 Å². The van der Waals surface area contributed by atoms with Crippen LogP contribution in [0.25, 0.3) is 0 Å². The van der Waals surface area contributed by atoms with Gasteiger partial charge in [0.05, 0.1) is 5.60 Å². The van der Waals surface area contributed by atoms with Crippen molar-refractivity contribution in [2.45, 2.75) is 25.9 Å². The molecule has 0 rings (SSSR count). The smallest absolute Gasteiger partial charge is 0.404 e. The molecule has 0 spiro atoms. The molecule has 0 aromatic rings. The Kier molecular flexibility index (Phi) is 5.41. The predicted octanol–water partition coefficient (Wildman–Crippen LogP) is -0.168. The third-order valence-electron chi connectivity index (χ3n) is 1.79. The van der Waals surface area contributed by atoms with Crippen molar-refractivity contribution in [2.24, 2.45) is 5.73 Å². The van der Waals surface area contributed by atoms with Crippen LogP contribution in [0.15, 0.2) is 0 Å². The second kappa shape index (κ2) is 5.77. The Morgan fingerprint density at radius 2 is 2.31 bits per heavy atom. The minimum absolute atomic E-state index is 0.231. The first-order valence-electron chi connectivity index (χ1n) is 4.33. The highest BCUT2D eigenvalue weighted by molar-refractivity contribution is 5.64. The lowest BCUT2D eigenvalue weighted by Crippen LogP contribution is -2.38. The average Bonchev–Trinajstić information content (AvgIpc) is 2.03. The number of carbonyl (C=O) groups is 1. The second-order valence-electron chi connectivity index (χ2n) is 3.19. The van der Waals surface area contributed by atoms with E-state index in [0.29, 0.717) is 19.5 Å². The fourth-order valence-corrected chi connectivity index (χ4v) is 0.706. The van der Waals surface area contributed by atoms with Gasteiger partial charge >= 0.3 is 6.09 Å². The zero-order valence-electron chi connectivity index (χ0n) is 8.17. The van der Waals surface area contributed by atoms with Crippen LogP contribution in [0.5, 0.6) is 0 Å². The molecule has 0 aliphatic heterocycles. The maximum absolute atomic E-state index is 10.1. The summed E-state index contributed by atoms with van der Waals surface area (Å²) in [5.41, 5.74) is 4.05. The lowest BCUT2D eigenvalue weighted by molar-refractivity contribution is 0.0545. The van der Waals surface area contributed by atoms with Crippen LogP contribution in [-0.2, 0) is 4.74 Å². The summed E-state index contributed by atoms with van der Waals surface area (Å²) in [5.74, 6) is 0. The van der Waals surface area contributed by atoms with Gasteiger partial charge in [0.2, 0.25) is 0 Å². The van der Waals surface area contributed by atoms with E-state index < -0.39 is 11.7 Å². The van der Waals surface area contributed by atoms with Crippen molar-refractivity contribution in [2.75, 3.05) is 19.7 Å². The van der Waals surface area contributed by atoms with Crippen LogP contribution in [0.1, 0.15) is 20.3 Å². The van der Waals surface area contributed by atoms with Crippen molar-refractivity contribution >= 4 is 6.09 Å². The van der Waals surface area contributed by atoms with Gasteiger partial charge in [0.15, 0.2) is 0 Å². The van der Waals surface area contributed by atoms with Crippen LogP contribution in [0, 0.1) is 0 Å². The van der Waals surface area contributed by atoms with Gasteiger partial charge in [-0.15, -0.1) is 0 Å². The summed E-state index contributed by atoms with van der Waals surface area (Å²) in [6.45, 7) is 4.86. The van der Waals surface area contributed by atoms with E-state index in [1.54, 1.807) is 6.92 Å². The van der Waals surface area contributed by atoms with Gasteiger partial charge in [-0.25, -0.2) is 4.79 Å². The highest BCUT2D eigenvalue weighted by atomic mass is 16.5. The second-order valence-corrected chi connectivity index (χ2v) is 3.19. The van der Waals surface area contributed by atoms with Crippen molar-refractivity contribution < 1.29 is 14.6 Å². The summed E-state index contributed by atoms with van der Waals surface area (Å²) in [4.78, 5) is 10.1. The minimum atomic E-state index is -0.774. The molecule has 0 heterocycles. The molecular formula is C8H18N2O3. The standard InChI is InChI=1S/C8H18N2O3/c1-3-8(2,12)6-10-4-5-13-7(9)11/h10,12H,3-6H2,1-2H3,(H2,9,11). The Bertz CT molecular complexity index is 159. The van der Waals surface area contributed by atoms with E-state index in [2.05, 4.69) is 10.1 Å². The minimum Gasteiger partial charge on any atom is -0.448 e. The number of carbonyl (C=O) groups excluding carboxylic acids is 1. The number of hydrogen-bond donors (Lipinski definition) is 3. The maximum atomic E-state index is 10.1. The number of ether oxygens (including phenoxy) is 1. The molecule has 5 heteroatoms. The van der Waals surface area contributed by atoms with E-state index in [0.717, 1.165) is 0 Å². The number of aliphatic hydroxyl groups is 1. The topological polar surface area (TPSA) is 84.6 Å². The molecule has 1 unspecified atom stereocenters. The predicted molar refractivity (Wildman–Crippen MR) is 49.3 cm³/mol. The number of amides is 1. The van der Waals surface area contributed by atoms with Crippen LogP contribution in [0.4, 0.5) is 4.79 Å². The average molecular weight is 190 g/mol. The zero-order valence-corrected chi connectivity index (χ0v) is 8.17. The third kappa shape index (κ3) is 7.55. The molecule has 0 saturated heterocycles. The molecule has 0 saturated carbocycles. The lowest BCUT2D eigenvalue weighted by Gasteiger charge is -2.21. The van der Waals surface area contributed by atoms with E-state index in [4.69, 9.17) is 5.73 Å². The molecule has 4 N–H and O–H groups in total. The summed E-state index contributed by atoms with van der Waals surface area (Å²) in [6, 6.07) is 0. The zero-order chi connectivity index (χ0) is 10.3. The van der Waals surface area contributed by atoms with Crippen molar-refractivity contribution in [3.05, 3.63) is 0 Å². The largest absolute Gasteiger partial charge is 0.448 e. The SMILES string of the molecule is CCC(C)(O)CNCCOC(N)=O. The van der Waals surface area contributed by atoms with Gasteiger partial charge < -0.3 is 20.9 Å². The molecule has 78 valence electrons. The first-order chi connectivity index (χ1) is 5.98. The maximum Gasteiger partial charge on any atom is 0.404 e. The highest BCUT2D eigenvalue weighted by Crippen LogP contribution is 2.05. The molecule has 5 nitrogen and oxygen atoms in total. The molecule has 0 aliphatic carbocycles. The number of hydrogen-bond acceptors (Lipinski definition) is 4. The molecule has 0 aromatic heterocycles.